The summed E-state index contributed by atoms with van der Waals surface area (Å²) in [7, 11) is 0. The Hall–Kier alpha value is -3.20. The Labute approximate surface area is 188 Å². The van der Waals surface area contributed by atoms with Crippen molar-refractivity contribution in [1.29, 1.82) is 0 Å². The standard InChI is InChI=1S/C29H28FNO/c1-17(2)19-13-23-20-8-6-7-9-26(20)32-28(23)24(14-19)27-21-11-10-18(15-29(3,4)5)12-22(21)25(30)16-31-27/h6-14,16-17H,15H2,1-5H3. The molecule has 0 aliphatic heterocycles. The minimum atomic E-state index is -0.291. The average molecular weight is 426 g/mol. The van der Waals surface area contributed by atoms with Crippen molar-refractivity contribution in [2.75, 3.05) is 0 Å². The lowest BCUT2D eigenvalue weighted by atomic mass is 9.87. The molecule has 0 aliphatic rings. The summed E-state index contributed by atoms with van der Waals surface area (Å²) < 4.78 is 21.2. The molecule has 0 fully saturated rings. The van der Waals surface area contributed by atoms with Crippen LogP contribution in [-0.2, 0) is 6.42 Å². The van der Waals surface area contributed by atoms with E-state index >= 15 is 0 Å². The molecule has 0 saturated carbocycles. The van der Waals surface area contributed by atoms with Crippen LogP contribution in [0.2, 0.25) is 0 Å². The Balaban J connectivity index is 1.81. The summed E-state index contributed by atoms with van der Waals surface area (Å²) in [5.74, 6) is 0.0530. The van der Waals surface area contributed by atoms with Crippen molar-refractivity contribution in [2.45, 2.75) is 47.0 Å². The molecule has 0 N–H and O–H groups in total. The number of pyridine rings is 1. The van der Waals surface area contributed by atoms with E-state index in [1.54, 1.807) is 0 Å². The normalized spacial score (nSPS) is 12.5. The van der Waals surface area contributed by atoms with Crippen LogP contribution in [0.1, 0.15) is 51.7 Å². The van der Waals surface area contributed by atoms with Crippen LogP contribution in [0.25, 0.3) is 44.0 Å². The Bertz CT molecular complexity index is 1470. The maximum atomic E-state index is 14.9. The molecule has 0 aliphatic carbocycles. The van der Waals surface area contributed by atoms with Crippen LogP contribution in [0.4, 0.5) is 4.39 Å². The summed E-state index contributed by atoms with van der Waals surface area (Å²) in [6, 6.07) is 18.5. The molecule has 3 aromatic carbocycles. The number of hydrogen-bond acceptors (Lipinski definition) is 2. The number of aromatic nitrogens is 1. The molecule has 0 atom stereocenters. The highest BCUT2D eigenvalue weighted by molar-refractivity contribution is 6.12. The SMILES string of the molecule is CC(C)c1cc(-c2ncc(F)c3cc(CC(C)(C)C)ccc23)c2oc3ccccc3c2c1. The predicted octanol–water partition coefficient (Wildman–Crippen LogP) is 8.65. The van der Waals surface area contributed by atoms with E-state index < -0.39 is 0 Å². The molecule has 32 heavy (non-hydrogen) atoms. The van der Waals surface area contributed by atoms with E-state index in [0.717, 1.165) is 50.6 Å². The highest BCUT2D eigenvalue weighted by Gasteiger charge is 2.20. The smallest absolute Gasteiger partial charge is 0.149 e. The van der Waals surface area contributed by atoms with Crippen LogP contribution in [0.15, 0.2) is 65.2 Å². The molecule has 5 rings (SSSR count). The van der Waals surface area contributed by atoms with Crippen molar-refractivity contribution >= 4 is 32.7 Å². The van der Waals surface area contributed by atoms with Gasteiger partial charge in [-0.25, -0.2) is 4.39 Å². The highest BCUT2D eigenvalue weighted by Crippen LogP contribution is 2.40. The van der Waals surface area contributed by atoms with Crippen LogP contribution in [0, 0.1) is 11.2 Å². The minimum absolute atomic E-state index is 0.131. The van der Waals surface area contributed by atoms with Crippen molar-refractivity contribution in [3.63, 3.8) is 0 Å². The van der Waals surface area contributed by atoms with Gasteiger partial charge in [0.1, 0.15) is 17.0 Å². The average Bonchev–Trinajstić information content (AvgIpc) is 3.11. The molecule has 0 spiro atoms. The van der Waals surface area contributed by atoms with Crippen LogP contribution in [-0.4, -0.2) is 4.98 Å². The fourth-order valence-electron chi connectivity index (χ4n) is 4.55. The fourth-order valence-corrected chi connectivity index (χ4v) is 4.55. The molecular weight excluding hydrogens is 397 g/mol. The van der Waals surface area contributed by atoms with Gasteiger partial charge in [-0.15, -0.1) is 0 Å². The maximum absolute atomic E-state index is 14.9. The molecule has 0 saturated heterocycles. The lowest BCUT2D eigenvalue weighted by Crippen LogP contribution is -2.09. The third-order valence-electron chi connectivity index (χ3n) is 6.06. The second-order valence-corrected chi connectivity index (χ2v) is 10.3. The molecular formula is C29H28FNO. The summed E-state index contributed by atoms with van der Waals surface area (Å²) in [4.78, 5) is 4.57. The molecule has 2 heterocycles. The maximum Gasteiger partial charge on any atom is 0.149 e. The molecule has 0 bridgehead atoms. The van der Waals surface area contributed by atoms with Crippen LogP contribution in [0.3, 0.4) is 0 Å². The zero-order valence-corrected chi connectivity index (χ0v) is 19.3. The van der Waals surface area contributed by atoms with Gasteiger partial charge in [0.15, 0.2) is 0 Å². The van der Waals surface area contributed by atoms with Crippen molar-refractivity contribution in [3.8, 4) is 11.3 Å². The topological polar surface area (TPSA) is 26.0 Å². The zero-order valence-electron chi connectivity index (χ0n) is 19.3. The second kappa shape index (κ2) is 7.44. The van der Waals surface area contributed by atoms with Crippen molar-refractivity contribution < 1.29 is 8.81 Å². The third kappa shape index (κ3) is 3.56. The van der Waals surface area contributed by atoms with Gasteiger partial charge in [0.2, 0.25) is 0 Å². The summed E-state index contributed by atoms with van der Waals surface area (Å²) in [5, 5.41) is 3.58. The van der Waals surface area contributed by atoms with E-state index in [1.165, 1.54) is 11.8 Å². The first-order chi connectivity index (χ1) is 15.2. The summed E-state index contributed by atoms with van der Waals surface area (Å²) >= 11 is 0. The van der Waals surface area contributed by atoms with E-state index in [2.05, 4.69) is 63.9 Å². The van der Waals surface area contributed by atoms with Crippen molar-refractivity contribution in [3.05, 3.63) is 77.7 Å². The molecule has 3 heteroatoms. The number of furan rings is 1. The van der Waals surface area contributed by atoms with Crippen LogP contribution < -0.4 is 0 Å². The van der Waals surface area contributed by atoms with Crippen LogP contribution in [0.5, 0.6) is 0 Å². The Kier molecular flexibility index (Phi) is 4.81. The molecule has 0 amide bonds. The number of hydrogen-bond donors (Lipinski definition) is 0. The van der Waals surface area contributed by atoms with Gasteiger partial charge >= 0.3 is 0 Å². The van der Waals surface area contributed by atoms with E-state index in [4.69, 9.17) is 4.42 Å². The Morgan fingerprint density at radius 1 is 0.906 bits per heavy atom. The number of para-hydroxylation sites is 1. The van der Waals surface area contributed by atoms with Gasteiger partial charge in [0, 0.05) is 27.1 Å². The molecule has 5 aromatic rings. The first-order valence-corrected chi connectivity index (χ1v) is 11.2. The van der Waals surface area contributed by atoms with E-state index in [0.29, 0.717) is 11.3 Å². The van der Waals surface area contributed by atoms with E-state index in [-0.39, 0.29) is 11.2 Å². The molecule has 0 unspecified atom stereocenters. The zero-order chi connectivity index (χ0) is 22.6. The minimum Gasteiger partial charge on any atom is -0.455 e. The van der Waals surface area contributed by atoms with Crippen molar-refractivity contribution in [1.82, 2.24) is 4.98 Å². The lowest BCUT2D eigenvalue weighted by Gasteiger charge is -2.19. The first kappa shape index (κ1) is 20.7. The Morgan fingerprint density at radius 2 is 1.69 bits per heavy atom. The molecule has 2 nitrogen and oxygen atoms in total. The Morgan fingerprint density at radius 3 is 2.44 bits per heavy atom. The van der Waals surface area contributed by atoms with Gasteiger partial charge in [0.05, 0.1) is 11.9 Å². The summed E-state index contributed by atoms with van der Waals surface area (Å²) in [6.45, 7) is 11.0. The summed E-state index contributed by atoms with van der Waals surface area (Å²) in [5.41, 5.74) is 5.80. The molecule has 0 radical (unpaired) electrons. The van der Waals surface area contributed by atoms with Crippen molar-refractivity contribution in [2.24, 2.45) is 5.41 Å². The fraction of sp³-hybridized carbons (Fsp3) is 0.276. The first-order valence-electron chi connectivity index (χ1n) is 11.2. The quantitative estimate of drug-likeness (QED) is 0.289. The van der Waals surface area contributed by atoms with Gasteiger partial charge in [0.25, 0.3) is 0 Å². The van der Waals surface area contributed by atoms with E-state index in [1.807, 2.05) is 30.3 Å². The van der Waals surface area contributed by atoms with Gasteiger partial charge in [-0.2, -0.15) is 0 Å². The van der Waals surface area contributed by atoms with E-state index in [9.17, 15) is 4.39 Å². The van der Waals surface area contributed by atoms with Gasteiger partial charge in [-0.05, 0) is 53.1 Å². The number of halogens is 1. The lowest BCUT2D eigenvalue weighted by molar-refractivity contribution is 0.411. The number of rotatable bonds is 3. The largest absolute Gasteiger partial charge is 0.455 e. The highest BCUT2D eigenvalue weighted by atomic mass is 19.1. The number of nitrogens with zero attached hydrogens (tertiary/aromatic N) is 1. The van der Waals surface area contributed by atoms with Gasteiger partial charge in [-0.1, -0.05) is 65.0 Å². The van der Waals surface area contributed by atoms with Gasteiger partial charge in [-0.3, -0.25) is 4.98 Å². The summed E-state index contributed by atoms with van der Waals surface area (Å²) in [6.07, 6.45) is 2.23. The molecule has 162 valence electrons. The number of benzene rings is 3. The monoisotopic (exact) mass is 425 g/mol. The molecule has 2 aromatic heterocycles. The van der Waals surface area contributed by atoms with Crippen LogP contribution >= 0.6 is 0 Å². The van der Waals surface area contributed by atoms with Gasteiger partial charge < -0.3 is 4.42 Å². The predicted molar refractivity (Wildman–Crippen MR) is 132 cm³/mol. The second-order valence-electron chi connectivity index (χ2n) is 10.3. The third-order valence-corrected chi connectivity index (χ3v) is 6.06. The number of fused-ring (bicyclic) bond motifs is 4.